The number of hydrogen-bond donors (Lipinski definition) is 1. The number of fused-ring (bicyclic) bond motifs is 3. The summed E-state index contributed by atoms with van der Waals surface area (Å²) in [7, 11) is 1.92. The zero-order valence-electron chi connectivity index (χ0n) is 19.3. The van der Waals surface area contributed by atoms with E-state index in [9.17, 15) is 14.4 Å². The standard InChI is InChI=1S/C24H27FN4O5/c1-3-33-18(30)13-14-11-16-19(17(25)12-14)24(34-22(16)32)6-9-29(10-7-24)23-26-20-15(21(31)27-23)5-4-8-28(20)2/h11-12H,3-10,13H2,1-2H3,(H,26,27,31). The molecule has 0 aliphatic carbocycles. The molecule has 0 unspecified atom stereocenters. The van der Waals surface area contributed by atoms with Crippen LogP contribution in [0.15, 0.2) is 16.9 Å². The van der Waals surface area contributed by atoms with Crippen LogP contribution in [-0.4, -0.2) is 55.2 Å². The molecule has 4 heterocycles. The van der Waals surface area contributed by atoms with Crippen molar-refractivity contribution in [3.63, 3.8) is 0 Å². The minimum Gasteiger partial charge on any atom is -0.466 e. The summed E-state index contributed by atoms with van der Waals surface area (Å²) in [6.45, 7) is 3.64. The van der Waals surface area contributed by atoms with Gasteiger partial charge in [-0.15, -0.1) is 0 Å². The average molecular weight is 471 g/mol. The number of carbonyl (C=O) groups is 2. The number of nitrogens with one attached hydrogen (secondary N) is 1. The third-order valence-electron chi connectivity index (χ3n) is 6.90. The van der Waals surface area contributed by atoms with Crippen LogP contribution < -0.4 is 15.4 Å². The van der Waals surface area contributed by atoms with Crippen molar-refractivity contribution in [1.29, 1.82) is 0 Å². The van der Waals surface area contributed by atoms with Crippen molar-refractivity contribution in [2.45, 2.75) is 44.6 Å². The summed E-state index contributed by atoms with van der Waals surface area (Å²) in [5, 5.41) is 0. The average Bonchev–Trinajstić information content (AvgIpc) is 3.06. The molecule has 10 heteroatoms. The van der Waals surface area contributed by atoms with E-state index in [0.29, 0.717) is 55.2 Å². The van der Waals surface area contributed by atoms with Gasteiger partial charge in [-0.05, 0) is 37.5 Å². The number of hydrogen-bond acceptors (Lipinski definition) is 8. The smallest absolute Gasteiger partial charge is 0.339 e. The molecule has 9 nitrogen and oxygen atoms in total. The molecule has 0 saturated carbocycles. The molecule has 1 saturated heterocycles. The van der Waals surface area contributed by atoms with Crippen LogP contribution in [0.1, 0.15) is 53.2 Å². The predicted molar refractivity (Wildman–Crippen MR) is 122 cm³/mol. The van der Waals surface area contributed by atoms with Crippen LogP contribution in [0.2, 0.25) is 0 Å². The first-order valence-corrected chi connectivity index (χ1v) is 11.6. The molecular weight excluding hydrogens is 443 g/mol. The van der Waals surface area contributed by atoms with E-state index in [1.54, 1.807) is 6.92 Å². The Morgan fingerprint density at radius 1 is 1.26 bits per heavy atom. The SMILES string of the molecule is CCOC(=O)Cc1cc(F)c2c(c1)C(=O)OC21CCN(c2nc3c(c(=O)[nH]2)CCCN3C)CC1. The van der Waals surface area contributed by atoms with Crippen LogP contribution in [0.25, 0.3) is 0 Å². The number of aromatic amines is 1. The van der Waals surface area contributed by atoms with Crippen LogP contribution in [0.4, 0.5) is 16.2 Å². The number of carbonyl (C=O) groups excluding carboxylic acids is 2. The molecule has 3 aliphatic heterocycles. The number of H-pyrrole nitrogens is 1. The van der Waals surface area contributed by atoms with Gasteiger partial charge in [0.25, 0.3) is 5.56 Å². The highest BCUT2D eigenvalue weighted by Gasteiger charge is 2.50. The van der Waals surface area contributed by atoms with Gasteiger partial charge in [0, 0.05) is 45.1 Å². The van der Waals surface area contributed by atoms with Crippen molar-refractivity contribution in [1.82, 2.24) is 9.97 Å². The molecule has 0 radical (unpaired) electrons. The monoisotopic (exact) mass is 470 g/mol. The van der Waals surface area contributed by atoms with Crippen molar-refractivity contribution in [3.05, 3.63) is 50.6 Å². The molecule has 1 fully saturated rings. The lowest BCUT2D eigenvalue weighted by Crippen LogP contribution is -2.45. The van der Waals surface area contributed by atoms with Gasteiger partial charge in [0.2, 0.25) is 5.95 Å². The number of halogens is 1. The molecule has 34 heavy (non-hydrogen) atoms. The van der Waals surface area contributed by atoms with Crippen LogP contribution >= 0.6 is 0 Å². The zero-order chi connectivity index (χ0) is 24.0. The molecule has 1 spiro atoms. The summed E-state index contributed by atoms with van der Waals surface area (Å²) >= 11 is 0. The van der Waals surface area contributed by atoms with Gasteiger partial charge in [-0.1, -0.05) is 0 Å². The molecule has 1 aromatic carbocycles. The third kappa shape index (κ3) is 3.70. The summed E-state index contributed by atoms with van der Waals surface area (Å²) in [6.07, 6.45) is 2.22. The van der Waals surface area contributed by atoms with Crippen molar-refractivity contribution < 1.29 is 23.5 Å². The lowest BCUT2D eigenvalue weighted by molar-refractivity contribution is -0.142. The second kappa shape index (κ2) is 8.41. The van der Waals surface area contributed by atoms with Gasteiger partial charge in [0.15, 0.2) is 0 Å². The molecule has 0 atom stereocenters. The number of ether oxygens (including phenoxy) is 2. The molecule has 1 aromatic heterocycles. The van der Waals surface area contributed by atoms with E-state index < -0.39 is 23.4 Å². The van der Waals surface area contributed by atoms with E-state index in [0.717, 1.165) is 13.0 Å². The van der Waals surface area contributed by atoms with Crippen LogP contribution in [-0.2, 0) is 32.7 Å². The Balaban J connectivity index is 1.39. The normalized spacial score (nSPS) is 18.5. The maximum absolute atomic E-state index is 15.2. The topological polar surface area (TPSA) is 105 Å². The fourth-order valence-electron chi connectivity index (χ4n) is 5.25. The molecule has 180 valence electrons. The Morgan fingerprint density at radius 2 is 2.03 bits per heavy atom. The van der Waals surface area contributed by atoms with Gasteiger partial charge in [0.1, 0.15) is 17.2 Å². The first kappa shape index (κ1) is 22.4. The van der Waals surface area contributed by atoms with Gasteiger partial charge in [-0.3, -0.25) is 14.6 Å². The van der Waals surface area contributed by atoms with Crippen molar-refractivity contribution in [2.24, 2.45) is 0 Å². The number of anilines is 2. The van der Waals surface area contributed by atoms with E-state index in [1.807, 2.05) is 16.8 Å². The zero-order valence-corrected chi connectivity index (χ0v) is 19.3. The molecule has 5 rings (SSSR count). The van der Waals surface area contributed by atoms with E-state index in [4.69, 9.17) is 14.5 Å². The second-order valence-electron chi connectivity index (χ2n) is 9.07. The van der Waals surface area contributed by atoms with Crippen molar-refractivity contribution in [3.8, 4) is 0 Å². The Bertz CT molecular complexity index is 1220. The van der Waals surface area contributed by atoms with Gasteiger partial charge >= 0.3 is 11.9 Å². The first-order chi connectivity index (χ1) is 16.3. The van der Waals surface area contributed by atoms with E-state index in [1.165, 1.54) is 12.1 Å². The van der Waals surface area contributed by atoms with Gasteiger partial charge in [-0.2, -0.15) is 4.98 Å². The summed E-state index contributed by atoms with van der Waals surface area (Å²) in [6, 6.07) is 2.81. The maximum Gasteiger partial charge on any atom is 0.339 e. The van der Waals surface area contributed by atoms with Crippen LogP contribution in [0, 0.1) is 5.82 Å². The number of nitrogens with zero attached hydrogens (tertiary/aromatic N) is 3. The summed E-state index contributed by atoms with van der Waals surface area (Å²) in [4.78, 5) is 48.6. The van der Waals surface area contributed by atoms with E-state index in [2.05, 4.69) is 4.98 Å². The first-order valence-electron chi connectivity index (χ1n) is 11.6. The summed E-state index contributed by atoms with van der Waals surface area (Å²) in [5.74, 6) is -0.452. The second-order valence-corrected chi connectivity index (χ2v) is 9.07. The Hall–Kier alpha value is -3.43. The predicted octanol–water partition coefficient (Wildman–Crippen LogP) is 2.06. The largest absolute Gasteiger partial charge is 0.466 e. The highest BCUT2D eigenvalue weighted by molar-refractivity contribution is 5.95. The van der Waals surface area contributed by atoms with Crippen LogP contribution in [0.5, 0.6) is 0 Å². The van der Waals surface area contributed by atoms with Crippen molar-refractivity contribution in [2.75, 3.05) is 43.1 Å². The lowest BCUT2D eigenvalue weighted by Gasteiger charge is -2.39. The molecule has 0 amide bonds. The molecule has 1 N–H and O–H groups in total. The van der Waals surface area contributed by atoms with Gasteiger partial charge < -0.3 is 19.3 Å². The summed E-state index contributed by atoms with van der Waals surface area (Å²) < 4.78 is 25.9. The Morgan fingerprint density at radius 3 is 2.76 bits per heavy atom. The van der Waals surface area contributed by atoms with Crippen LogP contribution in [0.3, 0.4) is 0 Å². The number of esters is 2. The lowest BCUT2D eigenvalue weighted by atomic mass is 9.82. The molecule has 0 bridgehead atoms. The Labute approximate surface area is 195 Å². The molecule has 2 aromatic rings. The Kier molecular flexibility index (Phi) is 5.53. The van der Waals surface area contributed by atoms with E-state index in [-0.39, 0.29) is 29.7 Å². The van der Waals surface area contributed by atoms with Gasteiger partial charge in [-0.25, -0.2) is 9.18 Å². The fraction of sp³-hybridized carbons (Fsp3) is 0.500. The van der Waals surface area contributed by atoms with Gasteiger partial charge in [0.05, 0.1) is 24.2 Å². The molecule has 3 aliphatic rings. The highest BCUT2D eigenvalue weighted by Crippen LogP contribution is 2.46. The molecular formula is C24H27FN4O5. The quantitative estimate of drug-likeness (QED) is 0.678. The number of rotatable bonds is 4. The van der Waals surface area contributed by atoms with Crippen molar-refractivity contribution >= 4 is 23.7 Å². The third-order valence-corrected chi connectivity index (χ3v) is 6.90. The number of piperidine rings is 1. The highest BCUT2D eigenvalue weighted by atomic mass is 19.1. The minimum atomic E-state index is -1.07. The number of aromatic nitrogens is 2. The number of benzene rings is 1. The maximum atomic E-state index is 15.2. The minimum absolute atomic E-state index is 0.113. The fourth-order valence-corrected chi connectivity index (χ4v) is 5.25. The summed E-state index contributed by atoms with van der Waals surface area (Å²) in [5.41, 5.74) is 0.281. The van der Waals surface area contributed by atoms with E-state index >= 15 is 4.39 Å².